The number of hydrogen-bond donors (Lipinski definition) is 1. The molecule has 2 N–H and O–H groups in total. The van der Waals surface area contributed by atoms with Crippen LogP contribution in [-0.4, -0.2) is 21.7 Å². The van der Waals surface area contributed by atoms with Gasteiger partial charge >= 0.3 is 0 Å². The highest BCUT2D eigenvalue weighted by Crippen LogP contribution is 2.34. The molecule has 0 atom stereocenters. The van der Waals surface area contributed by atoms with Crippen LogP contribution in [-0.2, 0) is 12.4 Å². The molecule has 7 nitrogen and oxygen atoms in total. The smallest absolute Gasteiger partial charge is 0.231 e. The van der Waals surface area contributed by atoms with Gasteiger partial charge in [0.1, 0.15) is 12.4 Å². The predicted octanol–water partition coefficient (Wildman–Crippen LogP) is 3.21. The number of nitrogen functional groups attached to an aromatic ring is 1. The van der Waals surface area contributed by atoms with Crippen molar-refractivity contribution >= 4 is 11.8 Å². The van der Waals surface area contributed by atoms with Gasteiger partial charge in [0, 0.05) is 5.75 Å². The fourth-order valence-electron chi connectivity index (χ4n) is 2.79. The Hall–Kier alpha value is -2.87. The molecule has 1 aliphatic heterocycles. The van der Waals surface area contributed by atoms with Crippen molar-refractivity contribution < 1.29 is 14.2 Å². The highest BCUT2D eigenvalue weighted by molar-refractivity contribution is 7.98. The van der Waals surface area contributed by atoms with Gasteiger partial charge in [-0.3, -0.25) is 0 Å². The Kier molecular flexibility index (Phi) is 4.81. The highest BCUT2D eigenvalue weighted by Gasteiger charge is 2.15. The summed E-state index contributed by atoms with van der Waals surface area (Å²) in [6, 6.07) is 11.9. The van der Waals surface area contributed by atoms with E-state index in [2.05, 4.69) is 23.2 Å². The summed E-state index contributed by atoms with van der Waals surface area (Å²) in [7, 11) is 0. The van der Waals surface area contributed by atoms with Crippen molar-refractivity contribution in [2.75, 3.05) is 12.6 Å². The molecule has 2 aromatic carbocycles. The zero-order chi connectivity index (χ0) is 18.8. The van der Waals surface area contributed by atoms with Gasteiger partial charge in [-0.15, -0.1) is 10.2 Å². The van der Waals surface area contributed by atoms with Gasteiger partial charge in [-0.05, 0) is 43.2 Å². The van der Waals surface area contributed by atoms with E-state index in [1.165, 1.54) is 22.0 Å². The third-order valence-electron chi connectivity index (χ3n) is 4.23. The third-order valence-corrected chi connectivity index (χ3v) is 5.24. The van der Waals surface area contributed by atoms with Gasteiger partial charge < -0.3 is 20.1 Å². The fraction of sp³-hybridized carbons (Fsp3) is 0.263. The lowest BCUT2D eigenvalue weighted by atomic mass is 10.1. The van der Waals surface area contributed by atoms with Crippen LogP contribution in [0.1, 0.15) is 22.5 Å². The second-order valence-electron chi connectivity index (χ2n) is 6.30. The van der Waals surface area contributed by atoms with E-state index < -0.39 is 0 Å². The molecule has 1 aliphatic rings. The Morgan fingerprint density at radius 3 is 2.81 bits per heavy atom. The van der Waals surface area contributed by atoms with Crippen LogP contribution >= 0.6 is 11.8 Å². The van der Waals surface area contributed by atoms with E-state index in [-0.39, 0.29) is 13.4 Å². The molecule has 4 rings (SSSR count). The van der Waals surface area contributed by atoms with Crippen LogP contribution in [0, 0.1) is 13.8 Å². The van der Waals surface area contributed by atoms with Gasteiger partial charge in [0.05, 0.1) is 0 Å². The number of ether oxygens (including phenoxy) is 3. The lowest BCUT2D eigenvalue weighted by molar-refractivity contribution is 0.174. The van der Waals surface area contributed by atoms with Crippen LogP contribution in [0.2, 0.25) is 0 Å². The van der Waals surface area contributed by atoms with Gasteiger partial charge in [0.25, 0.3) is 0 Å². The molecule has 1 aromatic heterocycles. The van der Waals surface area contributed by atoms with Gasteiger partial charge in [-0.25, -0.2) is 4.68 Å². The zero-order valence-corrected chi connectivity index (χ0v) is 16.0. The predicted molar refractivity (Wildman–Crippen MR) is 103 cm³/mol. The fourth-order valence-corrected chi connectivity index (χ4v) is 3.60. The lowest BCUT2D eigenvalue weighted by Gasteiger charge is -2.09. The number of aryl methyl sites for hydroxylation is 2. The summed E-state index contributed by atoms with van der Waals surface area (Å²) in [5.74, 6) is 9.76. The molecule has 0 saturated heterocycles. The number of aromatic nitrogens is 3. The van der Waals surface area contributed by atoms with Gasteiger partial charge in [0.15, 0.2) is 17.3 Å². The quantitative estimate of drug-likeness (QED) is 0.516. The van der Waals surface area contributed by atoms with Crippen LogP contribution in [0.3, 0.4) is 0 Å². The molecule has 0 amide bonds. The highest BCUT2D eigenvalue weighted by atomic mass is 32.2. The van der Waals surface area contributed by atoms with Gasteiger partial charge in [-0.1, -0.05) is 35.5 Å². The van der Waals surface area contributed by atoms with Crippen molar-refractivity contribution in [3.63, 3.8) is 0 Å². The average molecular weight is 384 g/mol. The Morgan fingerprint density at radius 1 is 1.11 bits per heavy atom. The van der Waals surface area contributed by atoms with E-state index in [1.807, 2.05) is 37.3 Å². The summed E-state index contributed by atoms with van der Waals surface area (Å²) in [6.07, 6.45) is 0. The minimum Gasteiger partial charge on any atom is -0.485 e. The molecule has 0 unspecified atom stereocenters. The maximum Gasteiger partial charge on any atom is 0.231 e. The SMILES string of the molecule is Cc1ccc(OCc2nnc(SCc3ccc4c(c3)OCO4)n2N)c(C)c1. The maximum atomic E-state index is 6.13. The summed E-state index contributed by atoms with van der Waals surface area (Å²) < 4.78 is 18.0. The first-order valence-electron chi connectivity index (χ1n) is 8.51. The Morgan fingerprint density at radius 2 is 1.96 bits per heavy atom. The van der Waals surface area contributed by atoms with Crippen LogP contribution in [0.5, 0.6) is 17.2 Å². The first kappa shape index (κ1) is 17.5. The second-order valence-corrected chi connectivity index (χ2v) is 7.25. The molecule has 3 aromatic rings. The molecular weight excluding hydrogens is 364 g/mol. The van der Waals surface area contributed by atoms with E-state index >= 15 is 0 Å². The monoisotopic (exact) mass is 384 g/mol. The number of benzene rings is 2. The largest absolute Gasteiger partial charge is 0.485 e. The Balaban J connectivity index is 1.38. The van der Waals surface area contributed by atoms with Crippen molar-refractivity contribution in [3.8, 4) is 17.2 Å². The minimum atomic E-state index is 0.262. The first-order chi connectivity index (χ1) is 13.1. The maximum absolute atomic E-state index is 6.13. The Labute approximate surface area is 161 Å². The number of thioether (sulfide) groups is 1. The Bertz CT molecular complexity index is 974. The molecule has 2 heterocycles. The average Bonchev–Trinajstić information content (AvgIpc) is 3.25. The van der Waals surface area contributed by atoms with Gasteiger partial charge in [0.2, 0.25) is 11.9 Å². The van der Waals surface area contributed by atoms with Crippen molar-refractivity contribution in [1.82, 2.24) is 14.9 Å². The van der Waals surface area contributed by atoms with E-state index in [4.69, 9.17) is 20.1 Å². The van der Waals surface area contributed by atoms with E-state index in [9.17, 15) is 0 Å². The lowest BCUT2D eigenvalue weighted by Crippen LogP contribution is -2.16. The van der Waals surface area contributed by atoms with Crippen LogP contribution in [0.15, 0.2) is 41.6 Å². The molecule has 0 radical (unpaired) electrons. The normalized spacial score (nSPS) is 12.4. The number of nitrogens with two attached hydrogens (primary N) is 1. The van der Waals surface area contributed by atoms with Crippen molar-refractivity contribution in [2.45, 2.75) is 31.4 Å². The molecule has 140 valence electrons. The van der Waals surface area contributed by atoms with Crippen LogP contribution in [0.25, 0.3) is 0 Å². The molecule has 27 heavy (non-hydrogen) atoms. The number of rotatable bonds is 6. The molecule has 0 bridgehead atoms. The summed E-state index contributed by atoms with van der Waals surface area (Å²) in [4.78, 5) is 0. The topological polar surface area (TPSA) is 84.4 Å². The van der Waals surface area contributed by atoms with Gasteiger partial charge in [-0.2, -0.15) is 0 Å². The standard InChI is InChI=1S/C19H20N4O3S/c1-12-3-5-15(13(2)7-12)24-9-18-21-22-19(23(18)20)27-10-14-4-6-16-17(8-14)26-11-25-16/h3-8H,9-11,20H2,1-2H3. The van der Waals surface area contributed by atoms with Crippen LogP contribution < -0.4 is 20.1 Å². The molecular formula is C19H20N4O3S. The number of nitrogens with zero attached hydrogens (tertiary/aromatic N) is 3. The summed E-state index contributed by atoms with van der Waals surface area (Å²) in [5.41, 5.74) is 3.37. The van der Waals surface area contributed by atoms with E-state index in [0.29, 0.717) is 16.7 Å². The third kappa shape index (κ3) is 3.80. The zero-order valence-electron chi connectivity index (χ0n) is 15.1. The second kappa shape index (κ2) is 7.40. The number of fused-ring (bicyclic) bond motifs is 1. The molecule has 0 saturated carbocycles. The van der Waals surface area contributed by atoms with Crippen molar-refractivity contribution in [2.24, 2.45) is 0 Å². The van der Waals surface area contributed by atoms with E-state index in [1.54, 1.807) is 0 Å². The minimum absolute atomic E-state index is 0.262. The summed E-state index contributed by atoms with van der Waals surface area (Å²) in [5, 5.41) is 8.94. The van der Waals surface area contributed by atoms with Crippen molar-refractivity contribution in [3.05, 3.63) is 58.9 Å². The molecule has 0 spiro atoms. The van der Waals surface area contributed by atoms with Crippen LogP contribution in [0.4, 0.5) is 0 Å². The van der Waals surface area contributed by atoms with Crippen molar-refractivity contribution in [1.29, 1.82) is 0 Å². The number of hydrogen-bond acceptors (Lipinski definition) is 7. The molecule has 0 fully saturated rings. The van der Waals surface area contributed by atoms with E-state index in [0.717, 1.165) is 28.4 Å². The first-order valence-corrected chi connectivity index (χ1v) is 9.49. The summed E-state index contributed by atoms with van der Waals surface area (Å²) >= 11 is 1.51. The molecule has 8 heteroatoms. The summed E-state index contributed by atoms with van der Waals surface area (Å²) in [6.45, 7) is 4.60. The molecule has 0 aliphatic carbocycles.